The van der Waals surface area contributed by atoms with E-state index in [2.05, 4.69) is 27.3 Å². The number of aromatic nitrogens is 4. The van der Waals surface area contributed by atoms with Crippen molar-refractivity contribution in [2.24, 2.45) is 0 Å². The zero-order valence-corrected chi connectivity index (χ0v) is 19.9. The van der Waals surface area contributed by atoms with Crippen LogP contribution < -0.4 is 4.90 Å². The molecular weight excluding hydrogens is 456 g/mol. The van der Waals surface area contributed by atoms with Gasteiger partial charge in [0.1, 0.15) is 6.54 Å². The van der Waals surface area contributed by atoms with Crippen molar-refractivity contribution in [3.05, 3.63) is 90.6 Å². The number of anilines is 1. The molecule has 5 aromatic rings. The first-order valence-corrected chi connectivity index (χ1v) is 12.1. The molecule has 0 aliphatic carbocycles. The molecule has 0 radical (unpaired) electrons. The molecule has 1 N–H and O–H groups in total. The highest BCUT2D eigenvalue weighted by molar-refractivity contribution is 7.99. The van der Waals surface area contributed by atoms with E-state index in [-0.39, 0.29) is 18.2 Å². The number of aromatic amines is 1. The standard InChI is InChI=1S/C27H22N6OS/c1-19-8-7-11-21(16-19)33-26(23-17-29-24-13-6-5-12-22(23)24)30-31-27(33)35-18-25(34)32(15-14-28)20-9-3-2-4-10-20/h2-13,16-17,29H,15,18H2,1H3. The second-order valence-corrected chi connectivity index (χ2v) is 8.93. The number of nitrogens with one attached hydrogen (secondary N) is 1. The fraction of sp³-hybridized carbons (Fsp3) is 0.111. The van der Waals surface area contributed by atoms with Gasteiger partial charge in [-0.1, -0.05) is 60.3 Å². The first-order chi connectivity index (χ1) is 17.2. The van der Waals surface area contributed by atoms with Crippen LogP contribution in [0.2, 0.25) is 0 Å². The van der Waals surface area contributed by atoms with Crippen molar-refractivity contribution in [3.8, 4) is 23.1 Å². The zero-order valence-electron chi connectivity index (χ0n) is 19.0. The summed E-state index contributed by atoms with van der Waals surface area (Å²) in [6.45, 7) is 2.02. The van der Waals surface area contributed by atoms with Gasteiger partial charge in [-0.3, -0.25) is 14.3 Å². The molecule has 8 heteroatoms. The van der Waals surface area contributed by atoms with E-state index in [1.54, 1.807) is 0 Å². The second kappa shape index (κ2) is 9.87. The topological polar surface area (TPSA) is 90.6 Å². The van der Waals surface area contributed by atoms with Crippen molar-refractivity contribution in [2.75, 3.05) is 17.2 Å². The fourth-order valence-electron chi connectivity index (χ4n) is 4.00. The SMILES string of the molecule is Cc1cccc(-n2c(SCC(=O)N(CC#N)c3ccccc3)nnc2-c2c[nH]c3ccccc23)c1. The molecule has 172 valence electrons. The number of nitriles is 1. The predicted molar refractivity (Wildman–Crippen MR) is 139 cm³/mol. The Kier molecular flexibility index (Phi) is 6.33. The van der Waals surface area contributed by atoms with Gasteiger partial charge in [-0.15, -0.1) is 10.2 Å². The molecule has 35 heavy (non-hydrogen) atoms. The molecule has 0 atom stereocenters. The first kappa shape index (κ1) is 22.4. The van der Waals surface area contributed by atoms with E-state index in [0.29, 0.717) is 16.7 Å². The average molecular weight is 479 g/mol. The number of fused-ring (bicyclic) bond motifs is 1. The monoisotopic (exact) mass is 478 g/mol. The van der Waals surface area contributed by atoms with Gasteiger partial charge in [0.2, 0.25) is 5.91 Å². The Morgan fingerprint density at radius 3 is 2.66 bits per heavy atom. The number of amides is 1. The number of rotatable bonds is 7. The van der Waals surface area contributed by atoms with E-state index in [0.717, 1.165) is 27.7 Å². The molecule has 0 aliphatic heterocycles. The molecule has 0 spiro atoms. The summed E-state index contributed by atoms with van der Waals surface area (Å²) in [5.41, 5.74) is 4.67. The fourth-order valence-corrected chi connectivity index (χ4v) is 4.83. The Labute approximate surface area is 207 Å². The van der Waals surface area contributed by atoms with Crippen molar-refractivity contribution < 1.29 is 4.79 Å². The van der Waals surface area contributed by atoms with Crippen LogP contribution in [-0.2, 0) is 4.79 Å². The van der Waals surface area contributed by atoms with E-state index in [1.165, 1.54) is 16.7 Å². The Hall–Kier alpha value is -4.35. The molecular formula is C27H22N6OS. The number of benzene rings is 3. The average Bonchev–Trinajstić information content (AvgIpc) is 3.50. The molecule has 1 amide bonds. The molecule has 0 fully saturated rings. The van der Waals surface area contributed by atoms with Crippen molar-refractivity contribution in [2.45, 2.75) is 12.1 Å². The molecule has 0 bridgehead atoms. The highest BCUT2D eigenvalue weighted by atomic mass is 32.2. The second-order valence-electron chi connectivity index (χ2n) is 7.99. The Morgan fingerprint density at radius 2 is 1.86 bits per heavy atom. The van der Waals surface area contributed by atoms with Crippen LogP contribution in [0, 0.1) is 18.3 Å². The lowest BCUT2D eigenvalue weighted by molar-refractivity contribution is -0.116. The molecule has 0 unspecified atom stereocenters. The lowest BCUT2D eigenvalue weighted by Gasteiger charge is -2.19. The Morgan fingerprint density at radius 1 is 1.06 bits per heavy atom. The number of H-pyrrole nitrogens is 1. The normalized spacial score (nSPS) is 10.9. The van der Waals surface area contributed by atoms with Gasteiger partial charge in [0.05, 0.1) is 11.8 Å². The summed E-state index contributed by atoms with van der Waals surface area (Å²) in [6, 6.07) is 27.5. The maximum Gasteiger partial charge on any atom is 0.238 e. The summed E-state index contributed by atoms with van der Waals surface area (Å²) >= 11 is 1.31. The minimum Gasteiger partial charge on any atom is -0.360 e. The Balaban J connectivity index is 1.51. The van der Waals surface area contributed by atoms with Crippen molar-refractivity contribution in [3.63, 3.8) is 0 Å². The van der Waals surface area contributed by atoms with Gasteiger partial charge in [-0.2, -0.15) is 5.26 Å². The van der Waals surface area contributed by atoms with Gasteiger partial charge < -0.3 is 4.98 Å². The summed E-state index contributed by atoms with van der Waals surface area (Å²) in [7, 11) is 0. The van der Waals surface area contributed by atoms with Crippen molar-refractivity contribution in [1.29, 1.82) is 5.26 Å². The largest absolute Gasteiger partial charge is 0.360 e. The van der Waals surface area contributed by atoms with Crippen LogP contribution in [-0.4, -0.2) is 38.0 Å². The number of carbonyl (C=O) groups is 1. The van der Waals surface area contributed by atoms with Gasteiger partial charge in [0.25, 0.3) is 0 Å². The molecule has 2 aromatic heterocycles. The van der Waals surface area contributed by atoms with Crippen LogP contribution in [0.3, 0.4) is 0 Å². The van der Waals surface area contributed by atoms with E-state index in [4.69, 9.17) is 0 Å². The molecule has 7 nitrogen and oxygen atoms in total. The van der Waals surface area contributed by atoms with Crippen LogP contribution in [0.4, 0.5) is 5.69 Å². The van der Waals surface area contributed by atoms with Gasteiger partial charge in [0, 0.05) is 34.0 Å². The highest BCUT2D eigenvalue weighted by Crippen LogP contribution is 2.32. The van der Waals surface area contributed by atoms with Crippen molar-refractivity contribution in [1.82, 2.24) is 19.7 Å². The van der Waals surface area contributed by atoms with Crippen molar-refractivity contribution >= 4 is 34.3 Å². The summed E-state index contributed by atoms with van der Waals surface area (Å²) in [5.74, 6) is 0.643. The highest BCUT2D eigenvalue weighted by Gasteiger charge is 2.22. The maximum absolute atomic E-state index is 13.1. The minimum atomic E-state index is -0.171. The minimum absolute atomic E-state index is 0.0193. The van der Waals surface area contributed by atoms with Crippen LogP contribution >= 0.6 is 11.8 Å². The van der Waals surface area contributed by atoms with Gasteiger partial charge in [-0.25, -0.2) is 0 Å². The van der Waals surface area contributed by atoms with Gasteiger partial charge in [0.15, 0.2) is 11.0 Å². The summed E-state index contributed by atoms with van der Waals surface area (Å²) < 4.78 is 1.98. The summed E-state index contributed by atoms with van der Waals surface area (Å²) in [4.78, 5) is 17.9. The molecule has 0 saturated carbocycles. The van der Waals surface area contributed by atoms with E-state index in [9.17, 15) is 10.1 Å². The van der Waals surface area contributed by atoms with Crippen LogP contribution in [0.25, 0.3) is 28.0 Å². The van der Waals surface area contributed by atoms with Gasteiger partial charge >= 0.3 is 0 Å². The number of hydrogen-bond donors (Lipinski definition) is 1. The number of aryl methyl sites for hydroxylation is 1. The zero-order chi connectivity index (χ0) is 24.2. The van der Waals surface area contributed by atoms with Crippen LogP contribution in [0.1, 0.15) is 5.56 Å². The number of para-hydroxylation sites is 2. The number of thioether (sulfide) groups is 1. The molecule has 3 aromatic carbocycles. The van der Waals surface area contributed by atoms with E-state index < -0.39 is 0 Å². The third-order valence-corrected chi connectivity index (χ3v) is 6.56. The maximum atomic E-state index is 13.1. The van der Waals surface area contributed by atoms with Crippen LogP contribution in [0.15, 0.2) is 90.2 Å². The lowest BCUT2D eigenvalue weighted by Crippen LogP contribution is -2.32. The number of nitrogens with zero attached hydrogens (tertiary/aromatic N) is 5. The third kappa shape index (κ3) is 4.54. The first-order valence-electron chi connectivity index (χ1n) is 11.1. The number of carbonyl (C=O) groups excluding carboxylic acids is 1. The quantitative estimate of drug-likeness (QED) is 0.251. The van der Waals surface area contributed by atoms with Crippen LogP contribution in [0.5, 0.6) is 0 Å². The molecule has 0 saturated heterocycles. The molecule has 0 aliphatic rings. The van der Waals surface area contributed by atoms with E-state index in [1.807, 2.05) is 90.5 Å². The summed E-state index contributed by atoms with van der Waals surface area (Å²) in [5, 5.41) is 19.9. The third-order valence-electron chi connectivity index (χ3n) is 5.65. The predicted octanol–water partition coefficient (Wildman–Crippen LogP) is 5.37. The molecule has 2 heterocycles. The van der Waals surface area contributed by atoms with E-state index >= 15 is 0 Å². The number of hydrogen-bond acceptors (Lipinski definition) is 5. The summed E-state index contributed by atoms with van der Waals surface area (Å²) in [6.07, 6.45) is 1.94. The molecule has 5 rings (SSSR count). The lowest BCUT2D eigenvalue weighted by atomic mass is 10.1. The van der Waals surface area contributed by atoms with Gasteiger partial charge in [-0.05, 0) is 42.8 Å². The smallest absolute Gasteiger partial charge is 0.238 e. The Bertz CT molecular complexity index is 1530.